The first-order chi connectivity index (χ1) is 9.99. The average molecular weight is 290 g/mol. The van der Waals surface area contributed by atoms with E-state index in [1.165, 1.54) is 18.3 Å². The van der Waals surface area contributed by atoms with E-state index in [2.05, 4.69) is 4.98 Å². The van der Waals surface area contributed by atoms with Gasteiger partial charge in [0.2, 0.25) is 5.75 Å². The highest BCUT2D eigenvalue weighted by Crippen LogP contribution is 2.30. The monoisotopic (exact) mass is 290 g/mol. The van der Waals surface area contributed by atoms with Gasteiger partial charge < -0.3 is 10.5 Å². The Morgan fingerprint density at radius 1 is 1.48 bits per heavy atom. The molecule has 0 spiro atoms. The van der Waals surface area contributed by atoms with Crippen molar-refractivity contribution in [1.82, 2.24) is 4.98 Å². The number of nitrogen functional groups attached to an aromatic ring is 1. The van der Waals surface area contributed by atoms with Gasteiger partial charge in [-0.15, -0.1) is 0 Å². The first-order valence-electron chi connectivity index (χ1n) is 5.84. The van der Waals surface area contributed by atoms with Crippen LogP contribution >= 0.6 is 0 Å². The molecule has 0 amide bonds. The number of nitro groups is 1. The zero-order chi connectivity index (χ0) is 15.4. The molecule has 108 valence electrons. The Balaban J connectivity index is 2.22. The molecule has 0 radical (unpaired) electrons. The van der Waals surface area contributed by atoms with E-state index < -0.39 is 22.2 Å². The average Bonchev–Trinajstić information content (AvgIpc) is 2.46. The minimum absolute atomic E-state index is 0.107. The van der Waals surface area contributed by atoms with Crippen LogP contribution in [-0.4, -0.2) is 15.7 Å². The smallest absolute Gasteiger partial charge is 0.314 e. The number of amidine groups is 1. The number of hydrogen-bond acceptors (Lipinski definition) is 5. The van der Waals surface area contributed by atoms with Crippen molar-refractivity contribution in [2.24, 2.45) is 5.73 Å². The van der Waals surface area contributed by atoms with Crippen LogP contribution < -0.4 is 10.5 Å². The Morgan fingerprint density at radius 3 is 2.90 bits per heavy atom. The van der Waals surface area contributed by atoms with E-state index in [4.69, 9.17) is 15.9 Å². The maximum atomic E-state index is 13.6. The van der Waals surface area contributed by atoms with Crippen LogP contribution in [0.2, 0.25) is 0 Å². The first kappa shape index (κ1) is 14.4. The maximum absolute atomic E-state index is 13.6. The van der Waals surface area contributed by atoms with E-state index in [0.717, 1.165) is 12.1 Å². The standard InChI is InChI=1S/C13H11FN4O3/c14-9-2-1-3-11(18(19)20)12(9)21-7-8-4-5-17-10(6-8)13(15)16/h1-6H,7H2,(H3,15,16). The number of nitrogens with two attached hydrogens (primary N) is 1. The first-order valence-corrected chi connectivity index (χ1v) is 5.84. The minimum Gasteiger partial charge on any atom is -0.480 e. The third kappa shape index (κ3) is 3.30. The molecule has 0 aliphatic heterocycles. The van der Waals surface area contributed by atoms with Gasteiger partial charge in [-0.25, -0.2) is 4.39 Å². The lowest BCUT2D eigenvalue weighted by Gasteiger charge is -2.08. The van der Waals surface area contributed by atoms with E-state index in [1.807, 2.05) is 0 Å². The molecule has 0 saturated heterocycles. The van der Waals surface area contributed by atoms with Crippen molar-refractivity contribution in [3.63, 3.8) is 0 Å². The number of nitro benzene ring substituents is 1. The lowest BCUT2D eigenvalue weighted by Crippen LogP contribution is -2.13. The van der Waals surface area contributed by atoms with Gasteiger partial charge in [0.05, 0.1) is 4.92 Å². The van der Waals surface area contributed by atoms with Crippen molar-refractivity contribution in [2.75, 3.05) is 0 Å². The van der Waals surface area contributed by atoms with E-state index in [0.29, 0.717) is 5.56 Å². The van der Waals surface area contributed by atoms with Gasteiger partial charge >= 0.3 is 5.69 Å². The summed E-state index contributed by atoms with van der Waals surface area (Å²) in [5.74, 6) is -1.46. The summed E-state index contributed by atoms with van der Waals surface area (Å²) in [7, 11) is 0. The van der Waals surface area contributed by atoms with Gasteiger partial charge in [-0.05, 0) is 23.8 Å². The van der Waals surface area contributed by atoms with Gasteiger partial charge in [0.25, 0.3) is 0 Å². The van der Waals surface area contributed by atoms with Gasteiger partial charge in [0.15, 0.2) is 5.82 Å². The summed E-state index contributed by atoms with van der Waals surface area (Å²) in [6.07, 6.45) is 1.42. The molecule has 1 aromatic heterocycles. The van der Waals surface area contributed by atoms with Crippen molar-refractivity contribution >= 4 is 11.5 Å². The molecular weight excluding hydrogens is 279 g/mol. The van der Waals surface area contributed by atoms with E-state index in [1.54, 1.807) is 6.07 Å². The molecule has 8 heteroatoms. The fourth-order valence-electron chi connectivity index (χ4n) is 1.65. The summed E-state index contributed by atoms with van der Waals surface area (Å²) in [4.78, 5) is 14.0. The molecule has 0 fully saturated rings. The van der Waals surface area contributed by atoms with Gasteiger partial charge in [-0.2, -0.15) is 0 Å². The van der Waals surface area contributed by atoms with Crippen LogP contribution in [0.1, 0.15) is 11.3 Å². The Kier molecular flexibility index (Phi) is 4.07. The van der Waals surface area contributed by atoms with Crippen molar-refractivity contribution in [1.29, 1.82) is 5.41 Å². The molecular formula is C13H11FN4O3. The normalized spacial score (nSPS) is 10.1. The van der Waals surface area contributed by atoms with Gasteiger partial charge in [0, 0.05) is 12.3 Å². The number of pyridine rings is 1. The molecule has 0 bridgehead atoms. The van der Waals surface area contributed by atoms with E-state index in [9.17, 15) is 14.5 Å². The molecule has 21 heavy (non-hydrogen) atoms. The molecule has 0 atom stereocenters. The summed E-state index contributed by atoms with van der Waals surface area (Å²) in [6, 6.07) is 6.55. The van der Waals surface area contributed by atoms with Crippen LogP contribution in [0.3, 0.4) is 0 Å². The lowest BCUT2D eigenvalue weighted by molar-refractivity contribution is -0.386. The third-order valence-corrected chi connectivity index (χ3v) is 2.63. The van der Waals surface area contributed by atoms with Gasteiger partial charge in [-0.1, -0.05) is 6.07 Å². The van der Waals surface area contributed by atoms with Gasteiger partial charge in [0.1, 0.15) is 18.1 Å². The molecule has 0 aliphatic rings. The second-order valence-electron chi connectivity index (χ2n) is 4.10. The molecule has 2 aromatic rings. The highest BCUT2D eigenvalue weighted by Gasteiger charge is 2.19. The van der Waals surface area contributed by atoms with Crippen LogP contribution in [0.15, 0.2) is 36.5 Å². The van der Waals surface area contributed by atoms with E-state index >= 15 is 0 Å². The largest absolute Gasteiger partial charge is 0.480 e. The minimum atomic E-state index is -0.815. The summed E-state index contributed by atoms with van der Waals surface area (Å²) >= 11 is 0. The van der Waals surface area contributed by atoms with Crippen molar-refractivity contribution in [2.45, 2.75) is 6.61 Å². The van der Waals surface area contributed by atoms with Crippen molar-refractivity contribution in [3.8, 4) is 5.75 Å². The molecule has 3 N–H and O–H groups in total. The molecule has 0 aliphatic carbocycles. The van der Waals surface area contributed by atoms with Crippen LogP contribution in [-0.2, 0) is 6.61 Å². The highest BCUT2D eigenvalue weighted by molar-refractivity contribution is 5.93. The Morgan fingerprint density at radius 2 is 2.24 bits per heavy atom. The fraction of sp³-hybridized carbons (Fsp3) is 0.0769. The molecule has 2 rings (SSSR count). The molecule has 7 nitrogen and oxygen atoms in total. The maximum Gasteiger partial charge on any atom is 0.314 e. The van der Waals surface area contributed by atoms with Crippen molar-refractivity contribution < 1.29 is 14.1 Å². The zero-order valence-electron chi connectivity index (χ0n) is 10.7. The molecule has 1 heterocycles. The number of halogens is 1. The second-order valence-corrected chi connectivity index (χ2v) is 4.10. The molecule has 1 aromatic carbocycles. The fourth-order valence-corrected chi connectivity index (χ4v) is 1.65. The predicted octanol–water partition coefficient (Wildman–Crippen LogP) is 1.99. The highest BCUT2D eigenvalue weighted by atomic mass is 19.1. The second kappa shape index (κ2) is 5.95. The van der Waals surface area contributed by atoms with E-state index in [-0.39, 0.29) is 18.1 Å². The van der Waals surface area contributed by atoms with Crippen LogP contribution in [0.5, 0.6) is 5.75 Å². The Hall–Kier alpha value is -3.03. The number of aromatic nitrogens is 1. The number of ether oxygens (including phenoxy) is 1. The zero-order valence-corrected chi connectivity index (χ0v) is 10.7. The summed E-state index contributed by atoms with van der Waals surface area (Å²) in [5, 5.41) is 18.1. The summed E-state index contributed by atoms with van der Waals surface area (Å²) in [5.41, 5.74) is 5.67. The summed E-state index contributed by atoms with van der Waals surface area (Å²) < 4.78 is 18.8. The number of hydrogen-bond donors (Lipinski definition) is 2. The third-order valence-electron chi connectivity index (χ3n) is 2.63. The van der Waals surface area contributed by atoms with Crippen LogP contribution in [0, 0.1) is 21.3 Å². The number of para-hydroxylation sites is 1. The number of nitrogens with one attached hydrogen (secondary N) is 1. The lowest BCUT2D eigenvalue weighted by atomic mass is 10.2. The number of nitrogens with zero attached hydrogens (tertiary/aromatic N) is 2. The predicted molar refractivity (Wildman–Crippen MR) is 72.6 cm³/mol. The Labute approximate surface area is 118 Å². The van der Waals surface area contributed by atoms with Crippen LogP contribution in [0.25, 0.3) is 0 Å². The molecule has 0 unspecified atom stereocenters. The summed E-state index contributed by atoms with van der Waals surface area (Å²) in [6.45, 7) is -0.107. The van der Waals surface area contributed by atoms with Crippen LogP contribution in [0.4, 0.5) is 10.1 Å². The number of benzene rings is 1. The SMILES string of the molecule is N=C(N)c1cc(COc2c(F)cccc2[N+](=O)[O-])ccn1. The van der Waals surface area contributed by atoms with Crippen molar-refractivity contribution in [3.05, 3.63) is 63.7 Å². The topological polar surface area (TPSA) is 115 Å². The molecule has 0 saturated carbocycles. The quantitative estimate of drug-likeness (QED) is 0.378. The number of rotatable bonds is 5. The Bertz CT molecular complexity index is 706. The van der Waals surface area contributed by atoms with Gasteiger partial charge in [-0.3, -0.25) is 20.5 Å².